The van der Waals surface area contributed by atoms with Gasteiger partial charge in [-0.15, -0.1) is 0 Å². The van der Waals surface area contributed by atoms with Gasteiger partial charge in [-0.1, -0.05) is 42.5 Å². The molecule has 3 aromatic rings. The number of amides is 3. The van der Waals surface area contributed by atoms with Crippen LogP contribution in [0, 0.1) is 0 Å². The van der Waals surface area contributed by atoms with E-state index < -0.39 is 11.8 Å². The van der Waals surface area contributed by atoms with Crippen molar-refractivity contribution in [3.05, 3.63) is 90.1 Å². The summed E-state index contributed by atoms with van der Waals surface area (Å²) in [6, 6.07) is 22.9. The standard InChI is InChI=1S/C26H23N3O4/c1-3-33-22-12-8-7-11-21(22)28-24-23(18-9-5-4-6-10-18)25(31)29(26(24)32)20-15-13-19(14-16-20)27-17(2)30/h4-16,28H,3H2,1-2H3,(H,27,30). The zero-order valence-corrected chi connectivity index (χ0v) is 18.3. The van der Waals surface area contributed by atoms with Crippen LogP contribution in [0.2, 0.25) is 0 Å². The highest BCUT2D eigenvalue weighted by atomic mass is 16.5. The summed E-state index contributed by atoms with van der Waals surface area (Å²) in [5, 5.41) is 5.82. The molecule has 0 spiro atoms. The molecule has 0 saturated heterocycles. The van der Waals surface area contributed by atoms with Crippen molar-refractivity contribution in [1.82, 2.24) is 0 Å². The molecule has 0 saturated carbocycles. The van der Waals surface area contributed by atoms with Crippen LogP contribution in [-0.2, 0) is 14.4 Å². The molecular weight excluding hydrogens is 418 g/mol. The summed E-state index contributed by atoms with van der Waals surface area (Å²) in [5.74, 6) is -0.533. The minimum absolute atomic E-state index is 0.171. The van der Waals surface area contributed by atoms with E-state index in [1.165, 1.54) is 6.92 Å². The van der Waals surface area contributed by atoms with Crippen LogP contribution >= 0.6 is 0 Å². The Bertz CT molecular complexity index is 1230. The molecule has 0 aliphatic carbocycles. The van der Waals surface area contributed by atoms with Gasteiger partial charge in [0.2, 0.25) is 5.91 Å². The van der Waals surface area contributed by atoms with E-state index in [4.69, 9.17) is 4.74 Å². The number of ether oxygens (including phenoxy) is 1. The van der Waals surface area contributed by atoms with Crippen molar-refractivity contribution in [1.29, 1.82) is 0 Å². The monoisotopic (exact) mass is 441 g/mol. The van der Waals surface area contributed by atoms with Crippen LogP contribution in [0.5, 0.6) is 5.75 Å². The Morgan fingerprint density at radius 1 is 0.879 bits per heavy atom. The molecule has 1 aliphatic rings. The number of para-hydroxylation sites is 2. The van der Waals surface area contributed by atoms with Gasteiger partial charge in [0, 0.05) is 12.6 Å². The molecule has 3 amide bonds. The van der Waals surface area contributed by atoms with Gasteiger partial charge in [0.25, 0.3) is 11.8 Å². The van der Waals surface area contributed by atoms with E-state index in [-0.39, 0.29) is 17.2 Å². The molecule has 0 aromatic heterocycles. The maximum Gasteiger partial charge on any atom is 0.282 e. The predicted octanol–water partition coefficient (Wildman–Crippen LogP) is 4.44. The molecule has 2 N–H and O–H groups in total. The van der Waals surface area contributed by atoms with Crippen molar-refractivity contribution in [3.63, 3.8) is 0 Å². The summed E-state index contributed by atoms with van der Waals surface area (Å²) in [5.41, 5.74) is 2.64. The van der Waals surface area contributed by atoms with Crippen LogP contribution in [0.3, 0.4) is 0 Å². The third-order valence-corrected chi connectivity index (χ3v) is 5.04. The Kier molecular flexibility index (Phi) is 6.22. The SMILES string of the molecule is CCOc1ccccc1NC1=C(c2ccccc2)C(=O)N(c2ccc(NC(C)=O)cc2)C1=O. The summed E-state index contributed by atoms with van der Waals surface area (Å²) >= 11 is 0. The third-order valence-electron chi connectivity index (χ3n) is 5.04. The van der Waals surface area contributed by atoms with Crippen LogP contribution < -0.4 is 20.3 Å². The van der Waals surface area contributed by atoms with Crippen LogP contribution in [0.25, 0.3) is 5.57 Å². The minimum atomic E-state index is -0.475. The van der Waals surface area contributed by atoms with E-state index in [2.05, 4.69) is 10.6 Å². The topological polar surface area (TPSA) is 87.7 Å². The first-order valence-corrected chi connectivity index (χ1v) is 10.5. The summed E-state index contributed by atoms with van der Waals surface area (Å²) in [7, 11) is 0. The fourth-order valence-corrected chi connectivity index (χ4v) is 3.64. The number of carbonyl (C=O) groups is 3. The van der Waals surface area contributed by atoms with Crippen molar-refractivity contribution in [2.24, 2.45) is 0 Å². The first-order chi connectivity index (χ1) is 16.0. The summed E-state index contributed by atoms with van der Waals surface area (Å²) < 4.78 is 5.68. The number of benzene rings is 3. The average Bonchev–Trinajstić information content (AvgIpc) is 3.05. The third kappa shape index (κ3) is 4.48. The molecule has 0 bridgehead atoms. The molecular formula is C26H23N3O4. The number of hydrogen-bond donors (Lipinski definition) is 2. The van der Waals surface area contributed by atoms with Crippen LogP contribution in [0.4, 0.5) is 17.1 Å². The normalized spacial score (nSPS) is 13.3. The highest BCUT2D eigenvalue weighted by Gasteiger charge is 2.40. The number of hydrogen-bond acceptors (Lipinski definition) is 5. The van der Waals surface area contributed by atoms with Gasteiger partial charge in [0.15, 0.2) is 0 Å². The molecule has 3 aromatic carbocycles. The Hall–Kier alpha value is -4.39. The van der Waals surface area contributed by atoms with Crippen molar-refractivity contribution >= 4 is 40.4 Å². The smallest absolute Gasteiger partial charge is 0.282 e. The number of carbonyl (C=O) groups excluding carboxylic acids is 3. The molecule has 166 valence electrons. The molecule has 0 unspecified atom stereocenters. The fourth-order valence-electron chi connectivity index (χ4n) is 3.64. The van der Waals surface area contributed by atoms with E-state index in [9.17, 15) is 14.4 Å². The van der Waals surface area contributed by atoms with E-state index in [1.807, 2.05) is 37.3 Å². The molecule has 4 rings (SSSR count). The summed E-state index contributed by atoms with van der Waals surface area (Å²) in [6.45, 7) is 3.75. The lowest BCUT2D eigenvalue weighted by atomic mass is 10.0. The lowest BCUT2D eigenvalue weighted by Gasteiger charge is -2.16. The maximum absolute atomic E-state index is 13.5. The Morgan fingerprint density at radius 3 is 2.21 bits per heavy atom. The van der Waals surface area contributed by atoms with E-state index in [1.54, 1.807) is 48.5 Å². The van der Waals surface area contributed by atoms with Crippen LogP contribution in [0.15, 0.2) is 84.6 Å². The number of imide groups is 1. The highest BCUT2D eigenvalue weighted by molar-refractivity contribution is 6.46. The van der Waals surface area contributed by atoms with Gasteiger partial charge in [0.1, 0.15) is 11.4 Å². The molecule has 0 fully saturated rings. The quantitative estimate of drug-likeness (QED) is 0.529. The molecule has 7 heteroatoms. The van der Waals surface area contributed by atoms with Crippen molar-refractivity contribution < 1.29 is 19.1 Å². The van der Waals surface area contributed by atoms with Crippen molar-refractivity contribution in [2.75, 3.05) is 22.1 Å². The zero-order chi connectivity index (χ0) is 23.4. The second kappa shape index (κ2) is 9.40. The van der Waals surface area contributed by atoms with Crippen LogP contribution in [-0.4, -0.2) is 24.3 Å². The van der Waals surface area contributed by atoms with Crippen LogP contribution in [0.1, 0.15) is 19.4 Å². The Morgan fingerprint density at radius 2 is 1.55 bits per heavy atom. The number of nitrogens with zero attached hydrogens (tertiary/aromatic N) is 1. The number of anilines is 3. The second-order valence-corrected chi connectivity index (χ2v) is 7.34. The first-order valence-electron chi connectivity index (χ1n) is 10.5. The fraction of sp³-hybridized carbons (Fsp3) is 0.115. The Balaban J connectivity index is 1.75. The average molecular weight is 441 g/mol. The van der Waals surface area contributed by atoms with E-state index in [0.29, 0.717) is 35.0 Å². The molecule has 33 heavy (non-hydrogen) atoms. The lowest BCUT2D eigenvalue weighted by molar-refractivity contribution is -0.120. The number of rotatable bonds is 7. The summed E-state index contributed by atoms with van der Waals surface area (Å²) in [4.78, 5) is 39.4. The minimum Gasteiger partial charge on any atom is -0.492 e. The van der Waals surface area contributed by atoms with Gasteiger partial charge in [-0.3, -0.25) is 14.4 Å². The van der Waals surface area contributed by atoms with Crippen molar-refractivity contribution in [3.8, 4) is 5.75 Å². The largest absolute Gasteiger partial charge is 0.492 e. The summed E-state index contributed by atoms with van der Waals surface area (Å²) in [6.07, 6.45) is 0. The van der Waals surface area contributed by atoms with Gasteiger partial charge < -0.3 is 15.4 Å². The van der Waals surface area contributed by atoms with E-state index >= 15 is 0 Å². The van der Waals surface area contributed by atoms with Gasteiger partial charge >= 0.3 is 0 Å². The van der Waals surface area contributed by atoms with Gasteiger partial charge in [-0.25, -0.2) is 4.90 Å². The molecule has 1 heterocycles. The first kappa shape index (κ1) is 21.8. The molecule has 0 atom stereocenters. The van der Waals surface area contributed by atoms with Gasteiger partial charge in [-0.2, -0.15) is 0 Å². The molecule has 7 nitrogen and oxygen atoms in total. The molecule has 0 radical (unpaired) electrons. The zero-order valence-electron chi connectivity index (χ0n) is 18.3. The van der Waals surface area contributed by atoms with Crippen molar-refractivity contribution in [2.45, 2.75) is 13.8 Å². The molecule has 1 aliphatic heterocycles. The second-order valence-electron chi connectivity index (χ2n) is 7.34. The Labute approximate surface area is 191 Å². The van der Waals surface area contributed by atoms with Gasteiger partial charge in [0.05, 0.1) is 23.6 Å². The lowest BCUT2D eigenvalue weighted by Crippen LogP contribution is -2.32. The van der Waals surface area contributed by atoms with E-state index in [0.717, 1.165) is 4.90 Å². The highest BCUT2D eigenvalue weighted by Crippen LogP contribution is 2.35. The van der Waals surface area contributed by atoms with Gasteiger partial charge in [-0.05, 0) is 48.9 Å². The predicted molar refractivity (Wildman–Crippen MR) is 128 cm³/mol. The number of nitrogens with one attached hydrogen (secondary N) is 2. The maximum atomic E-state index is 13.5.